The number of hydrogen-bond acceptors (Lipinski definition) is 11. The summed E-state index contributed by atoms with van der Waals surface area (Å²) >= 11 is 0. The van der Waals surface area contributed by atoms with Gasteiger partial charge in [-0.25, -0.2) is 0 Å². The van der Waals surface area contributed by atoms with Crippen LogP contribution in [0.4, 0.5) is 5.69 Å². The summed E-state index contributed by atoms with van der Waals surface area (Å²) in [5, 5.41) is 7.73. The summed E-state index contributed by atoms with van der Waals surface area (Å²) in [4.78, 5) is 88.3. The largest absolute Gasteiger partial charge is 0.698 e. The van der Waals surface area contributed by atoms with Gasteiger partial charge in [0.25, 0.3) is 11.8 Å². The fraction of sp³-hybridized carbons (Fsp3) is 0.571. The molecule has 0 spiro atoms. The molecule has 1 aliphatic rings. The molecule has 1 aliphatic heterocycles. The number of carbonyl (C=O) groups is 7. The Kier molecular flexibility index (Phi) is 17.7. The summed E-state index contributed by atoms with van der Waals surface area (Å²) in [6.45, 7) is 10.2. The van der Waals surface area contributed by atoms with Crippen LogP contribution in [0.3, 0.4) is 0 Å². The van der Waals surface area contributed by atoms with E-state index in [1.165, 1.54) is 4.90 Å². The zero-order chi connectivity index (χ0) is 39.1. The highest BCUT2D eigenvalue weighted by molar-refractivity contribution is 7.33. The molecule has 1 aromatic carbocycles. The zero-order valence-corrected chi connectivity index (χ0v) is 31.9. The molecule has 3 N–H and O–H groups in total. The van der Waals surface area contributed by atoms with Crippen molar-refractivity contribution in [3.05, 3.63) is 42.0 Å². The van der Waals surface area contributed by atoms with Gasteiger partial charge < -0.3 is 25.6 Å². The smallest absolute Gasteiger partial charge is 0.461 e. The monoisotopic (exact) mass is 748 g/mol. The van der Waals surface area contributed by atoms with Crippen LogP contribution in [0.15, 0.2) is 36.4 Å². The third-order valence-corrected chi connectivity index (χ3v) is 8.74. The molecule has 0 aromatic heterocycles. The minimum absolute atomic E-state index is 0.0513. The highest BCUT2D eigenvalue weighted by Gasteiger charge is 2.33. The molecular formula is C35H51N5O11P+. The fourth-order valence-electron chi connectivity index (χ4n) is 4.62. The van der Waals surface area contributed by atoms with Crippen molar-refractivity contribution in [2.24, 2.45) is 17.8 Å². The maximum Gasteiger partial charge on any atom is 0.698 e. The van der Waals surface area contributed by atoms with E-state index in [9.17, 15) is 38.1 Å². The molecule has 0 fully saturated rings. The summed E-state index contributed by atoms with van der Waals surface area (Å²) in [6.07, 6.45) is 0.572. The number of benzene rings is 1. The molecule has 17 heteroatoms. The molecule has 0 saturated carbocycles. The number of anilines is 1. The lowest BCUT2D eigenvalue weighted by atomic mass is 10.0. The van der Waals surface area contributed by atoms with Crippen molar-refractivity contribution in [2.75, 3.05) is 32.5 Å². The number of hydrogen-bond donors (Lipinski definition) is 3. The van der Waals surface area contributed by atoms with Crippen molar-refractivity contribution in [1.29, 1.82) is 0 Å². The molecule has 286 valence electrons. The Morgan fingerprint density at radius 3 is 1.96 bits per heavy atom. The van der Waals surface area contributed by atoms with E-state index in [1.54, 1.807) is 66.1 Å². The molecule has 16 nitrogen and oxygen atoms in total. The van der Waals surface area contributed by atoms with Crippen LogP contribution in [0.5, 0.6) is 0 Å². The van der Waals surface area contributed by atoms with E-state index in [1.807, 2.05) is 13.8 Å². The Balaban J connectivity index is 1.80. The first kappa shape index (κ1) is 43.6. The summed E-state index contributed by atoms with van der Waals surface area (Å²) in [5.74, 6) is -3.98. The van der Waals surface area contributed by atoms with Crippen molar-refractivity contribution < 1.29 is 51.9 Å². The molecule has 0 saturated heterocycles. The average molecular weight is 749 g/mol. The number of imide groups is 1. The standard InChI is InChI=1S/C35H50N5O11P/c1-21(2)26(17-32(45)39(7)8)50-33(46)18-27(22(3)4)51-52(48)49-20-24-9-11-25(12-10-24)37-29(42)19-36-35(47)34(23(5)6)38-28(41)15-16-40-30(43)13-14-31(40)44/h9-14,21-23,26-27,34H,15-20H2,1-8H3,(H2-,36,37,38,41,42,47)/p+1/t26-,27-,34?/m0/s1. The third kappa shape index (κ3) is 15.0. The van der Waals surface area contributed by atoms with Crippen LogP contribution < -0.4 is 16.0 Å². The van der Waals surface area contributed by atoms with Gasteiger partial charge in [0.05, 0.1) is 19.4 Å². The number of amides is 6. The van der Waals surface area contributed by atoms with Crippen LogP contribution in [-0.2, 0) is 58.5 Å². The van der Waals surface area contributed by atoms with Crippen molar-refractivity contribution in [2.45, 2.75) is 85.7 Å². The third-order valence-electron chi connectivity index (χ3n) is 7.96. The second kappa shape index (κ2) is 21.1. The Bertz CT molecular complexity index is 1480. The number of ether oxygens (including phenoxy) is 1. The lowest BCUT2D eigenvalue weighted by Gasteiger charge is -2.23. The molecule has 0 aliphatic carbocycles. The van der Waals surface area contributed by atoms with Crippen LogP contribution in [0.2, 0.25) is 0 Å². The Hall–Kier alpha value is -4.53. The molecular weight excluding hydrogens is 697 g/mol. The van der Waals surface area contributed by atoms with E-state index in [2.05, 4.69) is 16.0 Å². The van der Waals surface area contributed by atoms with E-state index >= 15 is 0 Å². The van der Waals surface area contributed by atoms with Gasteiger partial charge in [-0.15, -0.1) is 9.05 Å². The van der Waals surface area contributed by atoms with E-state index < -0.39 is 62.0 Å². The molecule has 6 amide bonds. The van der Waals surface area contributed by atoms with Gasteiger partial charge >= 0.3 is 14.2 Å². The van der Waals surface area contributed by atoms with Crippen molar-refractivity contribution in [1.82, 2.24) is 20.4 Å². The summed E-state index contributed by atoms with van der Waals surface area (Å²) < 4.78 is 29.1. The highest BCUT2D eigenvalue weighted by Crippen LogP contribution is 2.32. The van der Waals surface area contributed by atoms with E-state index in [0.29, 0.717) is 11.3 Å². The van der Waals surface area contributed by atoms with Crippen LogP contribution in [0.25, 0.3) is 0 Å². The van der Waals surface area contributed by atoms with Crippen LogP contribution >= 0.6 is 8.25 Å². The number of nitrogens with zero attached hydrogens (tertiary/aromatic N) is 2. The number of esters is 1. The maximum absolute atomic E-state index is 12.8. The van der Waals surface area contributed by atoms with E-state index in [4.69, 9.17) is 13.8 Å². The van der Waals surface area contributed by atoms with Gasteiger partial charge in [-0.1, -0.05) is 53.7 Å². The predicted molar refractivity (Wildman–Crippen MR) is 190 cm³/mol. The molecule has 1 aromatic rings. The minimum Gasteiger partial charge on any atom is -0.461 e. The van der Waals surface area contributed by atoms with Crippen LogP contribution in [-0.4, -0.2) is 96.6 Å². The van der Waals surface area contributed by atoms with Gasteiger partial charge in [-0.3, -0.25) is 38.5 Å². The molecule has 4 atom stereocenters. The molecule has 0 radical (unpaired) electrons. The molecule has 0 bridgehead atoms. The summed E-state index contributed by atoms with van der Waals surface area (Å²) in [6, 6.07) is 5.51. The van der Waals surface area contributed by atoms with Gasteiger partial charge in [0.2, 0.25) is 23.6 Å². The van der Waals surface area contributed by atoms with Gasteiger partial charge in [0.1, 0.15) is 24.9 Å². The van der Waals surface area contributed by atoms with Gasteiger partial charge in [-0.05, 0) is 35.4 Å². The fourth-order valence-corrected chi connectivity index (χ4v) is 5.48. The first-order chi connectivity index (χ1) is 24.4. The second-order valence-corrected chi connectivity index (χ2v) is 14.4. The van der Waals surface area contributed by atoms with Crippen molar-refractivity contribution in [3.8, 4) is 0 Å². The number of carbonyl (C=O) groups excluding carboxylic acids is 7. The average Bonchev–Trinajstić information content (AvgIpc) is 3.39. The van der Waals surface area contributed by atoms with Crippen molar-refractivity contribution >= 4 is 55.4 Å². The topological polar surface area (TPSA) is 207 Å². The number of nitrogens with one attached hydrogen (secondary N) is 3. The van der Waals surface area contributed by atoms with Crippen LogP contribution in [0, 0.1) is 17.8 Å². The molecule has 1 heterocycles. The van der Waals surface area contributed by atoms with Gasteiger partial charge in [-0.2, -0.15) is 0 Å². The van der Waals surface area contributed by atoms with Crippen LogP contribution in [0.1, 0.15) is 66.4 Å². The van der Waals surface area contributed by atoms with Gasteiger partial charge in [0.15, 0.2) is 0 Å². The molecule has 2 rings (SSSR count). The zero-order valence-electron chi connectivity index (χ0n) is 31.0. The van der Waals surface area contributed by atoms with E-state index in [-0.39, 0.29) is 62.6 Å². The summed E-state index contributed by atoms with van der Waals surface area (Å²) in [7, 11) is 0.651. The van der Waals surface area contributed by atoms with E-state index in [0.717, 1.165) is 17.1 Å². The van der Waals surface area contributed by atoms with Crippen molar-refractivity contribution in [3.63, 3.8) is 0 Å². The molecule has 52 heavy (non-hydrogen) atoms. The Labute approximate surface area is 305 Å². The normalized spacial score (nSPS) is 14.7. The Morgan fingerprint density at radius 2 is 1.42 bits per heavy atom. The minimum atomic E-state index is -2.61. The first-order valence-electron chi connectivity index (χ1n) is 17.0. The maximum atomic E-state index is 12.8. The Morgan fingerprint density at radius 1 is 0.827 bits per heavy atom. The highest BCUT2D eigenvalue weighted by atomic mass is 31.1. The molecule has 2 unspecified atom stereocenters. The summed E-state index contributed by atoms with van der Waals surface area (Å²) in [5.41, 5.74) is 1.04. The number of rotatable bonds is 21. The lowest BCUT2D eigenvalue weighted by Crippen LogP contribution is -2.51. The first-order valence-corrected chi connectivity index (χ1v) is 18.1. The predicted octanol–water partition coefficient (Wildman–Crippen LogP) is 2.85. The SMILES string of the molecule is CC(C)C(NC(=O)CCN1C(=O)C=CC1=O)C(=O)NCC(=O)Nc1ccc(CO[P+](=O)O[C@@H](CC(=O)O[C@@H](CC(=O)N(C)C)C(C)C)C(C)C)cc1. The van der Waals surface area contributed by atoms with Gasteiger partial charge in [0, 0.05) is 49.5 Å². The lowest BCUT2D eigenvalue weighted by molar-refractivity contribution is -0.156. The quantitative estimate of drug-likeness (QED) is 0.0947. The second-order valence-electron chi connectivity index (χ2n) is 13.5.